The summed E-state index contributed by atoms with van der Waals surface area (Å²) < 4.78 is 7.44. The van der Waals surface area contributed by atoms with Crippen LogP contribution in [0.1, 0.15) is 63.3 Å². The highest BCUT2D eigenvalue weighted by Crippen LogP contribution is 2.31. The van der Waals surface area contributed by atoms with Gasteiger partial charge in [-0.3, -0.25) is 0 Å². The second-order valence-electron chi connectivity index (χ2n) is 9.03. The Balaban J connectivity index is 2.14. The molecule has 8 heteroatoms. The van der Waals surface area contributed by atoms with Crippen molar-refractivity contribution in [3.63, 3.8) is 0 Å². The first-order valence-corrected chi connectivity index (χ1v) is 11.6. The number of aliphatic imine (C=N–C) groups is 1. The zero-order valence-electron chi connectivity index (χ0n) is 18.5. The Morgan fingerprint density at radius 1 is 1.32 bits per heavy atom. The maximum atomic E-state index is 11.2. The van der Waals surface area contributed by atoms with Gasteiger partial charge in [-0.2, -0.15) is 15.2 Å². The van der Waals surface area contributed by atoms with Crippen molar-refractivity contribution in [3.05, 3.63) is 44.7 Å². The van der Waals surface area contributed by atoms with Gasteiger partial charge in [-0.05, 0) is 36.5 Å². The maximum Gasteiger partial charge on any atom is 0.207 e. The summed E-state index contributed by atoms with van der Waals surface area (Å²) in [6.07, 6.45) is 8.69. The molecule has 0 bridgehead atoms. The molecule has 1 N–H and O–H groups in total. The molecule has 1 aliphatic carbocycles. The highest BCUT2D eigenvalue weighted by molar-refractivity contribution is 7.09. The van der Waals surface area contributed by atoms with E-state index in [9.17, 15) is 10.4 Å². The highest BCUT2D eigenvalue weighted by Gasteiger charge is 2.31. The van der Waals surface area contributed by atoms with Gasteiger partial charge in [0.15, 0.2) is 10.6 Å². The quantitative estimate of drug-likeness (QED) is 0.394. The fourth-order valence-corrected chi connectivity index (χ4v) is 4.97. The van der Waals surface area contributed by atoms with Crippen molar-refractivity contribution in [2.75, 3.05) is 7.11 Å². The first-order chi connectivity index (χ1) is 14.6. The molecule has 1 heterocycles. The van der Waals surface area contributed by atoms with Gasteiger partial charge in [0.2, 0.25) is 6.19 Å². The van der Waals surface area contributed by atoms with E-state index in [0.29, 0.717) is 27.7 Å². The smallest absolute Gasteiger partial charge is 0.207 e. The van der Waals surface area contributed by atoms with Crippen LogP contribution in [0.2, 0.25) is 5.02 Å². The maximum absolute atomic E-state index is 11.2. The molecule has 0 spiro atoms. The molecule has 2 aromatic rings. The average Bonchev–Trinajstić information content (AvgIpc) is 3.10. The van der Waals surface area contributed by atoms with Gasteiger partial charge in [0.1, 0.15) is 5.75 Å². The van der Waals surface area contributed by atoms with Crippen molar-refractivity contribution in [1.82, 2.24) is 4.57 Å². The summed E-state index contributed by atoms with van der Waals surface area (Å²) >= 11 is 7.73. The number of aromatic nitrogens is 1. The molecule has 1 aliphatic rings. The molecule has 1 aromatic carbocycles. The number of rotatable bonds is 4. The minimum Gasteiger partial charge on any atom is -0.496 e. The van der Waals surface area contributed by atoms with E-state index in [1.807, 2.05) is 10.8 Å². The van der Waals surface area contributed by atoms with Crippen molar-refractivity contribution >= 4 is 28.8 Å². The van der Waals surface area contributed by atoms with Crippen LogP contribution in [0, 0.1) is 11.5 Å². The van der Waals surface area contributed by atoms with Gasteiger partial charge in [-0.25, -0.2) is 0 Å². The number of hydrogen-bond acceptors (Lipinski definition) is 5. The van der Waals surface area contributed by atoms with E-state index in [1.54, 1.807) is 36.6 Å². The summed E-state index contributed by atoms with van der Waals surface area (Å²) in [5, 5.41) is 21.0. The van der Waals surface area contributed by atoms with Crippen LogP contribution in [0.4, 0.5) is 0 Å². The first-order valence-electron chi connectivity index (χ1n) is 10.4. The topological polar surface area (TPSA) is 82.9 Å². The van der Waals surface area contributed by atoms with Gasteiger partial charge in [0.25, 0.3) is 0 Å². The summed E-state index contributed by atoms with van der Waals surface area (Å²) in [6.45, 7) is 6.90. The van der Waals surface area contributed by atoms with E-state index >= 15 is 0 Å². The largest absolute Gasteiger partial charge is 0.496 e. The molecule has 1 saturated carbocycles. The van der Waals surface area contributed by atoms with Crippen molar-refractivity contribution in [1.29, 1.82) is 5.26 Å². The molecule has 0 atom stereocenters. The normalized spacial score (nSPS) is 17.5. The summed E-state index contributed by atoms with van der Waals surface area (Å²) in [5.41, 5.74) is -0.274. The standard InChI is InChI=1S/C23H29ClN4O2S/c1-22(2,3)19-13-28(14-23(29)10-6-5-7-11-23)21(31-19)27-20(26-15-25)17-12-16(24)8-9-18(17)30-4/h8-9,12-13,29H,5-7,10-11,14H2,1-4H3/b26-20?,27-21-. The van der Waals surface area contributed by atoms with Crippen LogP contribution < -0.4 is 9.54 Å². The zero-order valence-corrected chi connectivity index (χ0v) is 20.1. The van der Waals surface area contributed by atoms with Crippen LogP contribution in [-0.2, 0) is 12.0 Å². The van der Waals surface area contributed by atoms with E-state index < -0.39 is 5.60 Å². The van der Waals surface area contributed by atoms with Crippen LogP contribution >= 0.6 is 22.9 Å². The van der Waals surface area contributed by atoms with Crippen molar-refractivity contribution in [2.45, 2.75) is 70.4 Å². The molecule has 0 radical (unpaired) electrons. The Morgan fingerprint density at radius 3 is 2.65 bits per heavy atom. The van der Waals surface area contributed by atoms with Crippen molar-refractivity contribution in [2.24, 2.45) is 9.98 Å². The van der Waals surface area contributed by atoms with Crippen LogP contribution in [0.5, 0.6) is 5.75 Å². The van der Waals surface area contributed by atoms with E-state index in [0.717, 1.165) is 37.0 Å². The summed E-state index contributed by atoms with van der Waals surface area (Å²) in [6, 6.07) is 5.14. The van der Waals surface area contributed by atoms with Crippen LogP contribution in [0.15, 0.2) is 34.4 Å². The minimum absolute atomic E-state index is 0.0738. The SMILES string of the molecule is COc1ccc(Cl)cc1C(=NC#N)/N=c1\sc(C(C)(C)C)cn1CC1(O)CCCCC1. The monoisotopic (exact) mass is 460 g/mol. The average molecular weight is 461 g/mol. The molecule has 0 unspecified atom stereocenters. The molecule has 0 aliphatic heterocycles. The summed E-state index contributed by atoms with van der Waals surface area (Å²) in [5.74, 6) is 0.765. The summed E-state index contributed by atoms with van der Waals surface area (Å²) in [4.78, 5) is 10.5. The van der Waals surface area contributed by atoms with Crippen LogP contribution in [0.25, 0.3) is 0 Å². The third-order valence-corrected chi connectivity index (χ3v) is 7.15. The third kappa shape index (κ3) is 5.76. The molecule has 166 valence electrons. The van der Waals surface area contributed by atoms with E-state index in [2.05, 4.69) is 32.0 Å². The molecule has 1 aromatic heterocycles. The van der Waals surface area contributed by atoms with Gasteiger partial charge in [-0.15, -0.1) is 11.3 Å². The molecule has 0 amide bonds. The molecular formula is C23H29ClN4O2S. The minimum atomic E-state index is -0.746. The Kier molecular flexibility index (Phi) is 7.25. The van der Waals surface area contributed by atoms with E-state index in [-0.39, 0.29) is 11.3 Å². The van der Waals surface area contributed by atoms with E-state index in [1.165, 1.54) is 0 Å². The molecule has 3 rings (SSSR count). The number of halogens is 1. The lowest BCUT2D eigenvalue weighted by atomic mass is 9.85. The Morgan fingerprint density at radius 2 is 2.03 bits per heavy atom. The number of nitrogens with zero attached hydrogens (tertiary/aromatic N) is 4. The molecule has 31 heavy (non-hydrogen) atoms. The number of aliphatic hydroxyl groups is 1. The van der Waals surface area contributed by atoms with Crippen LogP contribution in [0.3, 0.4) is 0 Å². The fraction of sp³-hybridized carbons (Fsp3) is 0.522. The summed E-state index contributed by atoms with van der Waals surface area (Å²) in [7, 11) is 1.55. The Hall–Kier alpha value is -2.14. The number of nitriles is 1. The number of amidine groups is 1. The Bertz CT molecular complexity index is 1070. The highest BCUT2D eigenvalue weighted by atomic mass is 35.5. The lowest BCUT2D eigenvalue weighted by Gasteiger charge is -2.32. The van der Waals surface area contributed by atoms with Gasteiger partial charge < -0.3 is 14.4 Å². The molecule has 6 nitrogen and oxygen atoms in total. The third-order valence-electron chi connectivity index (χ3n) is 5.47. The van der Waals surface area contributed by atoms with Gasteiger partial charge in [0, 0.05) is 16.1 Å². The predicted molar refractivity (Wildman–Crippen MR) is 125 cm³/mol. The number of methoxy groups -OCH3 is 1. The van der Waals surface area contributed by atoms with Crippen molar-refractivity contribution < 1.29 is 9.84 Å². The van der Waals surface area contributed by atoms with Gasteiger partial charge in [-0.1, -0.05) is 51.6 Å². The molecule has 1 fully saturated rings. The first kappa shape index (κ1) is 23.5. The molecule has 0 saturated heterocycles. The van der Waals surface area contributed by atoms with Crippen LogP contribution in [-0.4, -0.2) is 28.2 Å². The number of thiazole rings is 1. The lowest BCUT2D eigenvalue weighted by molar-refractivity contribution is -0.0120. The number of ether oxygens (including phenoxy) is 1. The fourth-order valence-electron chi connectivity index (χ4n) is 3.75. The van der Waals surface area contributed by atoms with Gasteiger partial charge >= 0.3 is 0 Å². The van der Waals surface area contributed by atoms with Crippen molar-refractivity contribution in [3.8, 4) is 11.9 Å². The second-order valence-corrected chi connectivity index (χ2v) is 10.5. The predicted octanol–water partition coefficient (Wildman–Crippen LogP) is 5.03. The van der Waals surface area contributed by atoms with E-state index in [4.69, 9.17) is 21.3 Å². The number of benzene rings is 1. The van der Waals surface area contributed by atoms with Gasteiger partial charge in [0.05, 0.1) is 24.8 Å². The Labute approximate surface area is 192 Å². The number of hydrogen-bond donors (Lipinski definition) is 1. The zero-order chi connectivity index (χ0) is 22.6. The lowest BCUT2D eigenvalue weighted by Crippen LogP contribution is -2.38. The molecular weight excluding hydrogens is 432 g/mol. The second kappa shape index (κ2) is 9.56.